The molecule has 0 spiro atoms. The fraction of sp³-hybridized carbons (Fsp3) is 0.529. The number of rotatable bonds is 4. The number of hydrogen-bond donors (Lipinski definition) is 2. The van der Waals surface area contributed by atoms with Crippen LogP contribution in [0.1, 0.15) is 37.0 Å². The van der Waals surface area contributed by atoms with Gasteiger partial charge in [-0.2, -0.15) is 0 Å². The van der Waals surface area contributed by atoms with Crippen molar-refractivity contribution < 1.29 is 9.59 Å². The van der Waals surface area contributed by atoms with Crippen LogP contribution in [-0.4, -0.2) is 41.9 Å². The summed E-state index contributed by atoms with van der Waals surface area (Å²) in [6, 6.07) is 9.29. The molecule has 5 nitrogen and oxygen atoms in total. The van der Waals surface area contributed by atoms with E-state index in [9.17, 15) is 9.59 Å². The van der Waals surface area contributed by atoms with Crippen LogP contribution in [0.5, 0.6) is 0 Å². The van der Waals surface area contributed by atoms with Gasteiger partial charge in [0.1, 0.15) is 0 Å². The standard InChI is InChI=1S/C17H25N3O2.ClH/c1-12(13(2)18)16(21)19-15-8-10-20(11-9-15)17(22)14-6-4-3-5-7-14;/h3-7,12-13,15H,8-11,18H2,1-2H3,(H,19,21);1H. The van der Waals surface area contributed by atoms with Crippen LogP contribution < -0.4 is 11.1 Å². The number of amides is 2. The second-order valence-electron chi connectivity index (χ2n) is 6.09. The van der Waals surface area contributed by atoms with Crippen LogP contribution >= 0.6 is 12.4 Å². The van der Waals surface area contributed by atoms with Crippen molar-refractivity contribution in [1.29, 1.82) is 0 Å². The van der Waals surface area contributed by atoms with Gasteiger partial charge in [-0.3, -0.25) is 9.59 Å². The van der Waals surface area contributed by atoms with Crippen LogP contribution in [0.4, 0.5) is 0 Å². The van der Waals surface area contributed by atoms with Gasteiger partial charge in [0.25, 0.3) is 5.91 Å². The van der Waals surface area contributed by atoms with Crippen molar-refractivity contribution in [3.8, 4) is 0 Å². The van der Waals surface area contributed by atoms with E-state index in [2.05, 4.69) is 5.32 Å². The van der Waals surface area contributed by atoms with Crippen LogP contribution in [0.25, 0.3) is 0 Å². The van der Waals surface area contributed by atoms with Crippen molar-refractivity contribution >= 4 is 24.2 Å². The molecule has 0 aliphatic carbocycles. The molecule has 128 valence electrons. The minimum atomic E-state index is -0.191. The second kappa shape index (κ2) is 8.89. The van der Waals surface area contributed by atoms with Gasteiger partial charge in [-0.25, -0.2) is 0 Å². The number of halogens is 1. The zero-order chi connectivity index (χ0) is 16.1. The lowest BCUT2D eigenvalue weighted by atomic mass is 10.00. The molecule has 23 heavy (non-hydrogen) atoms. The molecular weight excluding hydrogens is 314 g/mol. The zero-order valence-electron chi connectivity index (χ0n) is 13.7. The Hall–Kier alpha value is -1.59. The number of carbonyl (C=O) groups excluding carboxylic acids is 2. The summed E-state index contributed by atoms with van der Waals surface area (Å²) >= 11 is 0. The van der Waals surface area contributed by atoms with Gasteiger partial charge in [0.05, 0.1) is 0 Å². The molecule has 0 radical (unpaired) electrons. The van der Waals surface area contributed by atoms with Crippen LogP contribution in [0, 0.1) is 5.92 Å². The molecule has 1 heterocycles. The maximum absolute atomic E-state index is 12.3. The fourth-order valence-electron chi connectivity index (χ4n) is 2.56. The van der Waals surface area contributed by atoms with Crippen molar-refractivity contribution in [1.82, 2.24) is 10.2 Å². The first-order valence-corrected chi connectivity index (χ1v) is 7.89. The van der Waals surface area contributed by atoms with E-state index in [1.165, 1.54) is 0 Å². The molecule has 2 rings (SSSR count). The van der Waals surface area contributed by atoms with E-state index >= 15 is 0 Å². The van der Waals surface area contributed by atoms with Crippen LogP contribution in [0.3, 0.4) is 0 Å². The van der Waals surface area contributed by atoms with E-state index in [0.717, 1.165) is 18.4 Å². The number of carbonyl (C=O) groups is 2. The number of nitrogens with two attached hydrogens (primary N) is 1. The van der Waals surface area contributed by atoms with Gasteiger partial charge < -0.3 is 16.0 Å². The molecule has 2 amide bonds. The smallest absolute Gasteiger partial charge is 0.253 e. The number of piperidine rings is 1. The number of benzene rings is 1. The summed E-state index contributed by atoms with van der Waals surface area (Å²) in [6.07, 6.45) is 1.58. The van der Waals surface area contributed by atoms with Gasteiger partial charge in [0.2, 0.25) is 5.91 Å². The molecule has 2 unspecified atom stereocenters. The zero-order valence-corrected chi connectivity index (χ0v) is 14.5. The molecule has 1 aliphatic rings. The number of hydrogen-bond acceptors (Lipinski definition) is 3. The van der Waals surface area contributed by atoms with Gasteiger partial charge in [-0.1, -0.05) is 25.1 Å². The number of likely N-dealkylation sites (tertiary alicyclic amines) is 1. The Kier molecular flexibility index (Phi) is 7.52. The van der Waals surface area contributed by atoms with E-state index in [1.54, 1.807) is 0 Å². The van der Waals surface area contributed by atoms with E-state index < -0.39 is 0 Å². The van der Waals surface area contributed by atoms with E-state index in [0.29, 0.717) is 13.1 Å². The largest absolute Gasteiger partial charge is 0.353 e. The molecule has 2 atom stereocenters. The summed E-state index contributed by atoms with van der Waals surface area (Å²) < 4.78 is 0. The lowest BCUT2D eigenvalue weighted by molar-refractivity contribution is -0.125. The number of nitrogens with one attached hydrogen (secondary N) is 1. The molecule has 1 fully saturated rings. The molecule has 3 N–H and O–H groups in total. The highest BCUT2D eigenvalue weighted by atomic mass is 35.5. The van der Waals surface area contributed by atoms with E-state index in [-0.39, 0.29) is 42.2 Å². The van der Waals surface area contributed by atoms with E-state index in [4.69, 9.17) is 5.73 Å². The molecule has 0 aromatic heterocycles. The summed E-state index contributed by atoms with van der Waals surface area (Å²) in [6.45, 7) is 5.02. The Bertz CT molecular complexity index is 514. The van der Waals surface area contributed by atoms with Crippen molar-refractivity contribution in [2.75, 3.05) is 13.1 Å². The summed E-state index contributed by atoms with van der Waals surface area (Å²) in [5.41, 5.74) is 6.47. The van der Waals surface area contributed by atoms with Gasteiger partial charge in [0.15, 0.2) is 0 Å². The molecule has 1 aliphatic heterocycles. The van der Waals surface area contributed by atoms with Crippen molar-refractivity contribution in [2.45, 2.75) is 38.8 Å². The SMILES string of the molecule is CC(N)C(C)C(=O)NC1CCN(C(=O)c2ccccc2)CC1.Cl. The average molecular weight is 340 g/mol. The van der Waals surface area contributed by atoms with Crippen LogP contribution in [0.15, 0.2) is 30.3 Å². The molecule has 1 aromatic rings. The summed E-state index contributed by atoms with van der Waals surface area (Å²) in [5, 5.41) is 3.04. The molecule has 1 aromatic carbocycles. The Morgan fingerprint density at radius 3 is 2.26 bits per heavy atom. The van der Waals surface area contributed by atoms with Crippen molar-refractivity contribution in [3.63, 3.8) is 0 Å². The average Bonchev–Trinajstić information content (AvgIpc) is 2.54. The van der Waals surface area contributed by atoms with Gasteiger partial charge >= 0.3 is 0 Å². The quantitative estimate of drug-likeness (QED) is 0.878. The first kappa shape index (κ1) is 19.5. The minimum Gasteiger partial charge on any atom is -0.353 e. The normalized spacial score (nSPS) is 17.8. The van der Waals surface area contributed by atoms with Gasteiger partial charge in [-0.05, 0) is 31.9 Å². The third kappa shape index (κ3) is 5.22. The number of nitrogens with zero attached hydrogens (tertiary/aromatic N) is 1. The Balaban J connectivity index is 0.00000264. The Morgan fingerprint density at radius 1 is 1.17 bits per heavy atom. The maximum atomic E-state index is 12.3. The highest BCUT2D eigenvalue weighted by Crippen LogP contribution is 2.14. The highest BCUT2D eigenvalue weighted by Gasteiger charge is 2.26. The van der Waals surface area contributed by atoms with Gasteiger partial charge in [-0.15, -0.1) is 12.4 Å². The molecule has 6 heteroatoms. The predicted octanol–water partition coefficient (Wildman–Crippen LogP) is 1.81. The van der Waals surface area contributed by atoms with Crippen molar-refractivity contribution in [2.24, 2.45) is 11.7 Å². The summed E-state index contributed by atoms with van der Waals surface area (Å²) in [7, 11) is 0. The molecular formula is C17H26ClN3O2. The van der Waals surface area contributed by atoms with Gasteiger partial charge in [0, 0.05) is 36.7 Å². The molecule has 1 saturated heterocycles. The van der Waals surface area contributed by atoms with Crippen molar-refractivity contribution in [3.05, 3.63) is 35.9 Å². The summed E-state index contributed by atoms with van der Waals surface area (Å²) in [4.78, 5) is 26.2. The first-order chi connectivity index (χ1) is 10.5. The second-order valence-corrected chi connectivity index (χ2v) is 6.09. The lowest BCUT2D eigenvalue weighted by Gasteiger charge is -2.33. The van der Waals surface area contributed by atoms with Crippen LogP contribution in [-0.2, 0) is 4.79 Å². The maximum Gasteiger partial charge on any atom is 0.253 e. The topological polar surface area (TPSA) is 75.4 Å². The lowest BCUT2D eigenvalue weighted by Crippen LogP contribution is -2.49. The third-order valence-electron chi connectivity index (χ3n) is 4.35. The minimum absolute atomic E-state index is 0. The monoisotopic (exact) mass is 339 g/mol. The Morgan fingerprint density at radius 2 is 1.74 bits per heavy atom. The third-order valence-corrected chi connectivity index (χ3v) is 4.35. The summed E-state index contributed by atoms with van der Waals surface area (Å²) in [5.74, 6) is -0.124. The van der Waals surface area contributed by atoms with E-state index in [1.807, 2.05) is 49.1 Å². The van der Waals surface area contributed by atoms with Crippen LogP contribution in [0.2, 0.25) is 0 Å². The predicted molar refractivity (Wildman–Crippen MR) is 93.6 cm³/mol. The first-order valence-electron chi connectivity index (χ1n) is 7.89. The molecule has 0 bridgehead atoms. The Labute approximate surface area is 144 Å². The molecule has 0 saturated carbocycles. The highest BCUT2D eigenvalue weighted by molar-refractivity contribution is 5.94. The fourth-order valence-corrected chi connectivity index (χ4v) is 2.56.